The van der Waals surface area contributed by atoms with E-state index in [0.29, 0.717) is 38.0 Å². The van der Waals surface area contributed by atoms with Crippen LogP contribution in [0.25, 0.3) is 17.2 Å². The van der Waals surface area contributed by atoms with Gasteiger partial charge in [-0.1, -0.05) is 84.9 Å². The highest BCUT2D eigenvalue weighted by molar-refractivity contribution is 8.00. The van der Waals surface area contributed by atoms with E-state index in [1.807, 2.05) is 72.1 Å². The number of amides is 3. The minimum absolute atomic E-state index is 0.0216. The van der Waals surface area contributed by atoms with E-state index in [2.05, 4.69) is 16.0 Å². The number of thiophene rings is 1. The van der Waals surface area contributed by atoms with E-state index < -0.39 is 23.0 Å². The number of carbonyl (C=O) groups excluding carboxylic acids is 4. The summed E-state index contributed by atoms with van der Waals surface area (Å²) >= 11 is 2.54. The zero-order chi connectivity index (χ0) is 36.3. The summed E-state index contributed by atoms with van der Waals surface area (Å²) in [6, 6.07) is 37.7. The molecule has 3 amide bonds. The molecule has 0 fully saturated rings. The van der Waals surface area contributed by atoms with E-state index in [4.69, 9.17) is 9.15 Å². The Labute approximate surface area is 308 Å². The van der Waals surface area contributed by atoms with Gasteiger partial charge < -0.3 is 25.1 Å². The number of carbonyl (C=O) groups is 4. The maximum absolute atomic E-state index is 14.1. The van der Waals surface area contributed by atoms with Crippen molar-refractivity contribution in [1.82, 2.24) is 5.32 Å². The molecule has 2 aromatic heterocycles. The molecule has 6 rings (SSSR count). The van der Waals surface area contributed by atoms with Gasteiger partial charge in [0, 0.05) is 33.2 Å². The first kappa shape index (κ1) is 35.6. The van der Waals surface area contributed by atoms with Crippen LogP contribution < -0.4 is 16.0 Å². The third-order valence-electron chi connectivity index (χ3n) is 7.64. The molecule has 0 bridgehead atoms. The number of hydrogen-bond acceptors (Lipinski definition) is 8. The molecule has 1 atom stereocenters. The maximum atomic E-state index is 14.1. The van der Waals surface area contributed by atoms with Gasteiger partial charge in [-0.15, -0.1) is 23.1 Å². The van der Waals surface area contributed by atoms with Gasteiger partial charge in [-0.3, -0.25) is 14.4 Å². The maximum Gasteiger partial charge on any atom is 0.341 e. The molecule has 0 saturated heterocycles. The average Bonchev–Trinajstić information content (AvgIpc) is 3.85. The van der Waals surface area contributed by atoms with Crippen LogP contribution in [0.3, 0.4) is 0 Å². The molecule has 52 heavy (non-hydrogen) atoms. The monoisotopic (exact) mass is 727 g/mol. The highest BCUT2D eigenvalue weighted by Crippen LogP contribution is 2.40. The Kier molecular flexibility index (Phi) is 11.8. The van der Waals surface area contributed by atoms with Crippen molar-refractivity contribution in [3.63, 3.8) is 0 Å². The van der Waals surface area contributed by atoms with Gasteiger partial charge in [0.1, 0.15) is 27.3 Å². The van der Waals surface area contributed by atoms with Crippen molar-refractivity contribution in [2.75, 3.05) is 17.2 Å². The minimum atomic E-state index is -0.732. The van der Waals surface area contributed by atoms with Gasteiger partial charge in [0.05, 0.1) is 12.9 Å². The van der Waals surface area contributed by atoms with Crippen molar-refractivity contribution in [2.45, 2.75) is 17.1 Å². The summed E-state index contributed by atoms with van der Waals surface area (Å²) in [5, 5.41) is 10.0. The molecule has 0 spiro atoms. The Morgan fingerprint density at radius 3 is 2.23 bits per heavy atom. The van der Waals surface area contributed by atoms with Crippen LogP contribution in [0.5, 0.6) is 0 Å². The Morgan fingerprint density at radius 1 is 0.827 bits per heavy atom. The highest BCUT2D eigenvalue weighted by Gasteiger charge is 2.27. The molecule has 0 aliphatic rings. The zero-order valence-electron chi connectivity index (χ0n) is 27.9. The number of ether oxygens (including phenoxy) is 1. The minimum Gasteiger partial charge on any atom is -0.465 e. The van der Waals surface area contributed by atoms with Crippen molar-refractivity contribution in [2.24, 2.45) is 0 Å². The topological polar surface area (TPSA) is 127 Å². The first-order chi connectivity index (χ1) is 25.4. The van der Waals surface area contributed by atoms with E-state index in [9.17, 15) is 19.2 Å². The standard InChI is InChI=1S/C41H33N3O6S2/c1-2-49-41(48)35-33(27-14-6-3-7-15-27)26-51-40(35)44-39(47)36(28-16-8-4-9-17-28)52-32-22-12-20-30(24-32)42-38(46)34(25-31-21-13-23-50-31)43-37(45)29-18-10-5-11-19-29/h3-26,36H,2H2,1H3,(H,42,46)(H,43,45)(H,44,47)/b34-25-. The lowest BCUT2D eigenvalue weighted by Gasteiger charge is -2.18. The quantitative estimate of drug-likeness (QED) is 0.0616. The number of thioether (sulfide) groups is 1. The fraction of sp³-hybridized carbons (Fsp3) is 0.0732. The number of nitrogens with one attached hydrogen (secondary N) is 3. The zero-order valence-corrected chi connectivity index (χ0v) is 29.5. The van der Waals surface area contributed by atoms with Crippen LogP contribution in [-0.2, 0) is 14.3 Å². The summed E-state index contributed by atoms with van der Waals surface area (Å²) in [7, 11) is 0. The number of rotatable bonds is 13. The van der Waals surface area contributed by atoms with Gasteiger partial charge in [-0.05, 0) is 60.5 Å². The number of esters is 1. The van der Waals surface area contributed by atoms with Crippen molar-refractivity contribution >= 4 is 63.6 Å². The summed E-state index contributed by atoms with van der Waals surface area (Å²) < 4.78 is 10.8. The molecular weight excluding hydrogens is 695 g/mol. The lowest BCUT2D eigenvalue weighted by molar-refractivity contribution is -0.116. The van der Waals surface area contributed by atoms with Crippen LogP contribution in [0.2, 0.25) is 0 Å². The fourth-order valence-electron chi connectivity index (χ4n) is 5.20. The molecule has 2 heterocycles. The summed E-state index contributed by atoms with van der Waals surface area (Å²) in [4.78, 5) is 54.5. The van der Waals surface area contributed by atoms with Gasteiger partial charge in [-0.2, -0.15) is 0 Å². The first-order valence-corrected chi connectivity index (χ1v) is 18.0. The number of anilines is 2. The smallest absolute Gasteiger partial charge is 0.341 e. The van der Waals surface area contributed by atoms with Crippen LogP contribution >= 0.6 is 23.1 Å². The van der Waals surface area contributed by atoms with Crippen LogP contribution in [0, 0.1) is 0 Å². The summed E-state index contributed by atoms with van der Waals surface area (Å²) in [6.07, 6.45) is 2.92. The molecule has 260 valence electrons. The summed E-state index contributed by atoms with van der Waals surface area (Å²) in [5.41, 5.74) is 3.35. The Morgan fingerprint density at radius 2 is 1.54 bits per heavy atom. The van der Waals surface area contributed by atoms with Gasteiger partial charge in [-0.25, -0.2) is 4.79 Å². The average molecular weight is 728 g/mol. The number of hydrogen-bond donors (Lipinski definition) is 3. The molecule has 0 saturated carbocycles. The van der Waals surface area contributed by atoms with Crippen LogP contribution in [0.15, 0.2) is 154 Å². The molecule has 0 aliphatic heterocycles. The molecule has 3 N–H and O–H groups in total. The number of furan rings is 1. The van der Waals surface area contributed by atoms with Crippen molar-refractivity contribution in [3.8, 4) is 11.1 Å². The third-order valence-corrected chi connectivity index (χ3v) is 9.78. The van der Waals surface area contributed by atoms with Crippen molar-refractivity contribution < 1.29 is 28.3 Å². The van der Waals surface area contributed by atoms with Gasteiger partial charge >= 0.3 is 5.97 Å². The molecule has 0 radical (unpaired) electrons. The summed E-state index contributed by atoms with van der Waals surface area (Å²) in [5.74, 6) is -1.51. The van der Waals surface area contributed by atoms with Crippen LogP contribution in [0.4, 0.5) is 10.7 Å². The molecular formula is C41H33N3O6S2. The number of benzene rings is 4. The second kappa shape index (κ2) is 17.2. The SMILES string of the molecule is CCOC(=O)c1c(-c2ccccc2)csc1NC(=O)C(Sc1cccc(NC(=O)/C(=C/c2ccco2)NC(=O)c2ccccc2)c1)c1ccccc1. The lowest BCUT2D eigenvalue weighted by Crippen LogP contribution is -2.30. The van der Waals surface area contributed by atoms with Gasteiger partial charge in [0.2, 0.25) is 5.91 Å². The molecule has 6 aromatic rings. The molecule has 4 aromatic carbocycles. The predicted octanol–water partition coefficient (Wildman–Crippen LogP) is 9.07. The molecule has 0 aliphatic carbocycles. The van der Waals surface area contributed by atoms with Gasteiger partial charge in [0.15, 0.2) is 0 Å². The second-order valence-corrected chi connectivity index (χ2v) is 13.3. The van der Waals surface area contributed by atoms with E-state index in [-0.39, 0.29) is 18.2 Å². The third kappa shape index (κ3) is 8.94. The molecule has 1 unspecified atom stereocenters. The van der Waals surface area contributed by atoms with Crippen molar-refractivity contribution in [1.29, 1.82) is 0 Å². The Hall–Kier alpha value is -6.17. The predicted molar refractivity (Wildman–Crippen MR) is 205 cm³/mol. The van der Waals surface area contributed by atoms with Gasteiger partial charge in [0.25, 0.3) is 11.8 Å². The Balaban J connectivity index is 1.24. The highest BCUT2D eigenvalue weighted by atomic mass is 32.2. The summed E-state index contributed by atoms with van der Waals surface area (Å²) in [6.45, 7) is 1.92. The van der Waals surface area contributed by atoms with E-state index in [1.54, 1.807) is 67.6 Å². The van der Waals surface area contributed by atoms with Crippen LogP contribution in [0.1, 0.15) is 44.2 Å². The largest absolute Gasteiger partial charge is 0.465 e. The van der Waals surface area contributed by atoms with E-state index in [0.717, 1.165) is 11.1 Å². The lowest BCUT2D eigenvalue weighted by atomic mass is 10.0. The van der Waals surface area contributed by atoms with E-state index in [1.165, 1.54) is 35.4 Å². The van der Waals surface area contributed by atoms with Crippen molar-refractivity contribution in [3.05, 3.63) is 167 Å². The van der Waals surface area contributed by atoms with E-state index >= 15 is 0 Å². The Bertz CT molecular complexity index is 2180. The fourth-order valence-corrected chi connectivity index (χ4v) is 7.25. The normalized spacial score (nSPS) is 11.7. The second-order valence-electron chi connectivity index (χ2n) is 11.2. The molecule has 9 nitrogen and oxygen atoms in total. The first-order valence-electron chi connectivity index (χ1n) is 16.3. The van der Waals surface area contributed by atoms with Crippen LogP contribution in [-0.4, -0.2) is 30.3 Å². The molecule has 11 heteroatoms.